The first kappa shape index (κ1) is 13.0. The molecule has 1 aliphatic heterocycles. The first-order chi connectivity index (χ1) is 8.34. The lowest BCUT2D eigenvalue weighted by Gasteiger charge is -2.22. The molecule has 0 spiro atoms. The number of aryl methyl sites for hydroxylation is 1. The van der Waals surface area contributed by atoms with Crippen molar-refractivity contribution in [3.8, 4) is 0 Å². The minimum absolute atomic E-state index is 0.0293. The predicted molar refractivity (Wildman–Crippen MR) is 69.8 cm³/mol. The minimum Gasteiger partial charge on any atom is -0.353 e. The quantitative estimate of drug-likeness (QED) is 0.782. The summed E-state index contributed by atoms with van der Waals surface area (Å²) in [5.74, 6) is 0. The number of nitrogens with zero attached hydrogens (tertiary/aromatic N) is 1. The summed E-state index contributed by atoms with van der Waals surface area (Å²) in [5, 5.41) is 0. The summed E-state index contributed by atoms with van der Waals surface area (Å²) in [6.45, 7) is 1.60. The third-order valence-corrected chi connectivity index (χ3v) is 3.28. The maximum Gasteiger partial charge on any atom is 0.157 e. The highest BCUT2D eigenvalue weighted by Crippen LogP contribution is 2.14. The Morgan fingerprint density at radius 2 is 2.35 bits per heavy atom. The summed E-state index contributed by atoms with van der Waals surface area (Å²) >= 11 is 3.38. The third kappa shape index (κ3) is 4.74. The second-order valence-corrected chi connectivity index (χ2v) is 5.15. The molecule has 1 atom stereocenters. The van der Waals surface area contributed by atoms with Gasteiger partial charge in [-0.15, -0.1) is 0 Å². The molecule has 0 saturated carbocycles. The molecule has 1 unspecified atom stereocenters. The molecule has 0 N–H and O–H groups in total. The number of halogens is 1. The van der Waals surface area contributed by atoms with Crippen LogP contribution in [0.25, 0.3) is 0 Å². The third-order valence-electron chi connectivity index (χ3n) is 2.81. The van der Waals surface area contributed by atoms with Gasteiger partial charge < -0.3 is 9.47 Å². The van der Waals surface area contributed by atoms with Gasteiger partial charge in [0.15, 0.2) is 6.29 Å². The maximum atomic E-state index is 5.67. The minimum atomic E-state index is 0.0293. The fraction of sp³-hybridized carbons (Fsp3) is 0.615. The van der Waals surface area contributed by atoms with E-state index in [0.29, 0.717) is 0 Å². The average Bonchev–Trinajstić information content (AvgIpc) is 2.38. The summed E-state index contributed by atoms with van der Waals surface area (Å²) < 4.78 is 12.2. The number of aromatic nitrogens is 1. The molecule has 3 nitrogen and oxygen atoms in total. The molecular weight excluding hydrogens is 282 g/mol. The Bertz CT molecular complexity index is 323. The lowest BCUT2D eigenvalue weighted by Crippen LogP contribution is -2.22. The van der Waals surface area contributed by atoms with Gasteiger partial charge in [-0.3, -0.25) is 4.98 Å². The van der Waals surface area contributed by atoms with E-state index in [9.17, 15) is 0 Å². The normalized spacial score (nSPS) is 20.4. The second kappa shape index (κ2) is 7.09. The molecule has 0 aliphatic carbocycles. The summed E-state index contributed by atoms with van der Waals surface area (Å²) in [7, 11) is 0. The lowest BCUT2D eigenvalue weighted by molar-refractivity contribution is -0.162. The molecule has 1 aliphatic rings. The van der Waals surface area contributed by atoms with Crippen LogP contribution in [0.2, 0.25) is 0 Å². The van der Waals surface area contributed by atoms with Crippen LogP contribution in [0.5, 0.6) is 0 Å². The van der Waals surface area contributed by atoms with Gasteiger partial charge in [-0.2, -0.15) is 0 Å². The molecule has 2 heterocycles. The molecule has 1 aromatic heterocycles. The highest BCUT2D eigenvalue weighted by molar-refractivity contribution is 9.10. The molecule has 94 valence electrons. The van der Waals surface area contributed by atoms with E-state index in [1.54, 1.807) is 0 Å². The van der Waals surface area contributed by atoms with Crippen molar-refractivity contribution in [1.82, 2.24) is 4.98 Å². The van der Waals surface area contributed by atoms with Crippen molar-refractivity contribution in [3.05, 3.63) is 28.5 Å². The number of hydrogen-bond donors (Lipinski definition) is 0. The zero-order chi connectivity index (χ0) is 11.9. The van der Waals surface area contributed by atoms with Crippen LogP contribution in [0.4, 0.5) is 0 Å². The van der Waals surface area contributed by atoms with E-state index in [0.717, 1.165) is 42.6 Å². The summed E-state index contributed by atoms with van der Waals surface area (Å²) in [6.07, 6.45) is 7.24. The average molecular weight is 300 g/mol. The van der Waals surface area contributed by atoms with Crippen molar-refractivity contribution in [2.24, 2.45) is 0 Å². The van der Waals surface area contributed by atoms with E-state index < -0.39 is 0 Å². The van der Waals surface area contributed by atoms with E-state index >= 15 is 0 Å². The van der Waals surface area contributed by atoms with Gasteiger partial charge in [0.2, 0.25) is 0 Å². The molecule has 1 aromatic rings. The highest BCUT2D eigenvalue weighted by Gasteiger charge is 2.13. The molecule has 17 heavy (non-hydrogen) atoms. The van der Waals surface area contributed by atoms with E-state index in [-0.39, 0.29) is 6.29 Å². The zero-order valence-electron chi connectivity index (χ0n) is 9.90. The first-order valence-electron chi connectivity index (χ1n) is 6.18. The maximum absolute atomic E-state index is 5.67. The Labute approximate surface area is 111 Å². The SMILES string of the molecule is Brc1ccc(CCCOC2CCCCO2)nc1. The van der Waals surface area contributed by atoms with Gasteiger partial charge in [0.1, 0.15) is 0 Å². The molecule has 0 amide bonds. The van der Waals surface area contributed by atoms with Gasteiger partial charge in [-0.05, 0) is 60.2 Å². The lowest BCUT2D eigenvalue weighted by atomic mass is 10.2. The second-order valence-electron chi connectivity index (χ2n) is 4.24. The summed E-state index contributed by atoms with van der Waals surface area (Å²) in [6, 6.07) is 4.06. The van der Waals surface area contributed by atoms with Gasteiger partial charge in [-0.25, -0.2) is 0 Å². The van der Waals surface area contributed by atoms with Crippen LogP contribution in [0, 0.1) is 0 Å². The van der Waals surface area contributed by atoms with E-state index in [2.05, 4.69) is 20.9 Å². The van der Waals surface area contributed by atoms with Crippen molar-refractivity contribution in [2.75, 3.05) is 13.2 Å². The van der Waals surface area contributed by atoms with Gasteiger partial charge in [0.05, 0.1) is 6.61 Å². The topological polar surface area (TPSA) is 31.4 Å². The van der Waals surface area contributed by atoms with Crippen LogP contribution in [-0.2, 0) is 15.9 Å². The van der Waals surface area contributed by atoms with Crippen LogP contribution in [0.3, 0.4) is 0 Å². The Morgan fingerprint density at radius 1 is 1.41 bits per heavy atom. The van der Waals surface area contributed by atoms with Crippen LogP contribution in [0.1, 0.15) is 31.4 Å². The van der Waals surface area contributed by atoms with Crippen LogP contribution < -0.4 is 0 Å². The van der Waals surface area contributed by atoms with Crippen molar-refractivity contribution in [3.63, 3.8) is 0 Å². The number of hydrogen-bond acceptors (Lipinski definition) is 3. The monoisotopic (exact) mass is 299 g/mol. The Hall–Kier alpha value is -0.450. The zero-order valence-corrected chi connectivity index (χ0v) is 11.5. The van der Waals surface area contributed by atoms with Crippen molar-refractivity contribution in [2.45, 2.75) is 38.4 Å². The largest absolute Gasteiger partial charge is 0.353 e. The van der Waals surface area contributed by atoms with Crippen LogP contribution in [0.15, 0.2) is 22.8 Å². The molecule has 0 aromatic carbocycles. The molecule has 2 rings (SSSR count). The Morgan fingerprint density at radius 3 is 3.06 bits per heavy atom. The molecule has 4 heteroatoms. The van der Waals surface area contributed by atoms with E-state index in [1.807, 2.05) is 18.3 Å². The number of ether oxygens (including phenoxy) is 2. The summed E-state index contributed by atoms with van der Waals surface area (Å²) in [4.78, 5) is 4.33. The molecule has 0 bridgehead atoms. The van der Waals surface area contributed by atoms with Gasteiger partial charge in [-0.1, -0.05) is 0 Å². The number of rotatable bonds is 5. The molecule has 1 fully saturated rings. The predicted octanol–water partition coefficient (Wildman–Crippen LogP) is 3.32. The van der Waals surface area contributed by atoms with E-state index in [1.165, 1.54) is 12.8 Å². The summed E-state index contributed by atoms with van der Waals surface area (Å²) in [5.41, 5.74) is 1.11. The molecule has 0 radical (unpaired) electrons. The smallest absolute Gasteiger partial charge is 0.157 e. The van der Waals surface area contributed by atoms with Gasteiger partial charge in [0, 0.05) is 23.0 Å². The molecular formula is C13H18BrNO2. The van der Waals surface area contributed by atoms with Gasteiger partial charge in [0.25, 0.3) is 0 Å². The van der Waals surface area contributed by atoms with Crippen molar-refractivity contribution < 1.29 is 9.47 Å². The van der Waals surface area contributed by atoms with E-state index in [4.69, 9.17) is 9.47 Å². The standard InChI is InChI=1S/C13H18BrNO2/c14-11-6-7-12(15-10-11)4-3-9-17-13-5-1-2-8-16-13/h6-7,10,13H,1-5,8-9H2. The fourth-order valence-corrected chi connectivity index (χ4v) is 2.10. The van der Waals surface area contributed by atoms with Crippen molar-refractivity contribution in [1.29, 1.82) is 0 Å². The first-order valence-corrected chi connectivity index (χ1v) is 6.97. The van der Waals surface area contributed by atoms with Crippen LogP contribution in [-0.4, -0.2) is 24.5 Å². The van der Waals surface area contributed by atoms with Crippen LogP contribution >= 0.6 is 15.9 Å². The number of pyridine rings is 1. The highest BCUT2D eigenvalue weighted by atomic mass is 79.9. The molecule has 1 saturated heterocycles. The Balaban J connectivity index is 1.60. The fourth-order valence-electron chi connectivity index (χ4n) is 1.87. The Kier molecular flexibility index (Phi) is 5.42. The van der Waals surface area contributed by atoms with Gasteiger partial charge >= 0.3 is 0 Å². The van der Waals surface area contributed by atoms with Crippen molar-refractivity contribution >= 4 is 15.9 Å².